The number of hydrogen-bond acceptors (Lipinski definition) is 6. The number of hydrogen-bond donors (Lipinski definition) is 3. The van der Waals surface area contributed by atoms with Crippen molar-refractivity contribution in [2.45, 2.75) is 38.5 Å². The number of nitrogens with one attached hydrogen (secondary N) is 1. The van der Waals surface area contributed by atoms with E-state index >= 15 is 0 Å². The average molecular weight is 441 g/mol. The number of anilines is 2. The summed E-state index contributed by atoms with van der Waals surface area (Å²) in [5.74, 6) is 1.02. The highest BCUT2D eigenvalue weighted by Gasteiger charge is 2.26. The standard InChI is InChI=1S/C23H29ClN6O/c24-20-7-5-17(6-8-20)9-12-30(15-18-3-1-2-4-19(18)16-31)21-10-13-29(14-11-21)23-26-22(25)27-28-23/h1-8,21,31H,9-16H2,(H3,25,26,27,28). The summed E-state index contributed by atoms with van der Waals surface area (Å²) in [5.41, 5.74) is 9.14. The second-order valence-electron chi connectivity index (χ2n) is 8.01. The predicted molar refractivity (Wildman–Crippen MR) is 124 cm³/mol. The van der Waals surface area contributed by atoms with E-state index in [1.165, 1.54) is 11.1 Å². The minimum Gasteiger partial charge on any atom is -0.392 e. The number of aromatic amines is 1. The largest absolute Gasteiger partial charge is 0.392 e. The Kier molecular flexibility index (Phi) is 7.06. The molecule has 164 valence electrons. The van der Waals surface area contributed by atoms with Gasteiger partial charge >= 0.3 is 0 Å². The van der Waals surface area contributed by atoms with E-state index in [0.29, 0.717) is 17.9 Å². The smallest absolute Gasteiger partial charge is 0.246 e. The molecular weight excluding hydrogens is 412 g/mol. The van der Waals surface area contributed by atoms with Gasteiger partial charge in [0.05, 0.1) is 6.61 Å². The summed E-state index contributed by atoms with van der Waals surface area (Å²) in [7, 11) is 0. The average Bonchev–Trinajstić information content (AvgIpc) is 3.24. The molecule has 0 atom stereocenters. The van der Waals surface area contributed by atoms with Crippen LogP contribution < -0.4 is 10.6 Å². The van der Waals surface area contributed by atoms with Crippen LogP contribution in [0, 0.1) is 0 Å². The second-order valence-corrected chi connectivity index (χ2v) is 8.45. The molecule has 8 heteroatoms. The number of rotatable bonds is 8. The van der Waals surface area contributed by atoms with Gasteiger partial charge in [0.1, 0.15) is 0 Å². The molecule has 1 aliphatic rings. The maximum atomic E-state index is 9.77. The van der Waals surface area contributed by atoms with E-state index < -0.39 is 0 Å². The Bertz CT molecular complexity index is 968. The summed E-state index contributed by atoms with van der Waals surface area (Å²) in [6, 6.07) is 16.7. The van der Waals surface area contributed by atoms with Gasteiger partial charge in [-0.15, -0.1) is 5.10 Å². The van der Waals surface area contributed by atoms with Crippen molar-refractivity contribution in [1.82, 2.24) is 20.1 Å². The summed E-state index contributed by atoms with van der Waals surface area (Å²) >= 11 is 6.04. The first-order valence-electron chi connectivity index (χ1n) is 10.7. The van der Waals surface area contributed by atoms with Crippen LogP contribution in [0.25, 0.3) is 0 Å². The number of aromatic nitrogens is 3. The van der Waals surface area contributed by atoms with Crippen LogP contribution >= 0.6 is 11.6 Å². The van der Waals surface area contributed by atoms with Gasteiger partial charge in [0.15, 0.2) is 0 Å². The molecule has 4 rings (SSSR count). The van der Waals surface area contributed by atoms with Gasteiger partial charge in [-0.05, 0) is 48.1 Å². The summed E-state index contributed by atoms with van der Waals surface area (Å²) in [6.45, 7) is 3.61. The van der Waals surface area contributed by atoms with Gasteiger partial charge in [-0.25, -0.2) is 5.10 Å². The lowest BCUT2D eigenvalue weighted by Gasteiger charge is -2.38. The van der Waals surface area contributed by atoms with Gasteiger partial charge in [0, 0.05) is 37.2 Å². The maximum Gasteiger partial charge on any atom is 0.246 e. The lowest BCUT2D eigenvalue weighted by Crippen LogP contribution is -2.45. The van der Waals surface area contributed by atoms with Crippen molar-refractivity contribution in [2.75, 3.05) is 30.3 Å². The number of piperidine rings is 1. The van der Waals surface area contributed by atoms with Crippen LogP contribution in [0.3, 0.4) is 0 Å². The number of benzene rings is 2. The molecule has 0 amide bonds. The Hall–Kier alpha value is -2.61. The summed E-state index contributed by atoms with van der Waals surface area (Å²) in [4.78, 5) is 8.99. The third-order valence-electron chi connectivity index (χ3n) is 6.02. The van der Waals surface area contributed by atoms with E-state index in [-0.39, 0.29) is 6.61 Å². The van der Waals surface area contributed by atoms with Gasteiger partial charge in [-0.1, -0.05) is 48.0 Å². The highest BCUT2D eigenvalue weighted by atomic mass is 35.5. The Morgan fingerprint density at radius 2 is 1.81 bits per heavy atom. The van der Waals surface area contributed by atoms with Crippen LogP contribution in [0.2, 0.25) is 5.02 Å². The first-order chi connectivity index (χ1) is 15.1. The summed E-state index contributed by atoms with van der Waals surface area (Å²) in [5, 5.41) is 17.4. The number of nitrogen functional groups attached to an aromatic ring is 1. The third kappa shape index (κ3) is 5.55. The number of nitrogens with zero attached hydrogens (tertiary/aromatic N) is 4. The first kappa shape index (κ1) is 21.6. The van der Waals surface area contributed by atoms with Crippen molar-refractivity contribution in [2.24, 2.45) is 0 Å². The fraction of sp³-hybridized carbons (Fsp3) is 0.391. The summed E-state index contributed by atoms with van der Waals surface area (Å²) in [6.07, 6.45) is 3.00. The highest BCUT2D eigenvalue weighted by molar-refractivity contribution is 6.30. The highest BCUT2D eigenvalue weighted by Crippen LogP contribution is 2.23. The molecule has 1 aromatic heterocycles. The van der Waals surface area contributed by atoms with Crippen LogP contribution in [0.5, 0.6) is 0 Å². The molecule has 0 spiro atoms. The lowest BCUT2D eigenvalue weighted by atomic mass is 10.00. The maximum absolute atomic E-state index is 9.77. The fourth-order valence-corrected chi connectivity index (χ4v) is 4.36. The molecular formula is C23H29ClN6O. The van der Waals surface area contributed by atoms with Crippen molar-refractivity contribution in [3.05, 3.63) is 70.2 Å². The van der Waals surface area contributed by atoms with Crippen LogP contribution in [-0.2, 0) is 19.6 Å². The molecule has 1 fully saturated rings. The minimum absolute atomic E-state index is 0.0614. The van der Waals surface area contributed by atoms with Gasteiger partial charge in [0.25, 0.3) is 0 Å². The molecule has 0 bridgehead atoms. The number of aliphatic hydroxyl groups is 1. The van der Waals surface area contributed by atoms with Crippen molar-refractivity contribution >= 4 is 23.5 Å². The van der Waals surface area contributed by atoms with E-state index in [4.69, 9.17) is 17.3 Å². The minimum atomic E-state index is 0.0614. The Labute approximate surface area is 187 Å². The molecule has 2 heterocycles. The molecule has 31 heavy (non-hydrogen) atoms. The van der Waals surface area contributed by atoms with Crippen molar-refractivity contribution in [3.8, 4) is 0 Å². The molecule has 4 N–H and O–H groups in total. The third-order valence-corrected chi connectivity index (χ3v) is 6.27. The Morgan fingerprint density at radius 3 is 2.45 bits per heavy atom. The summed E-state index contributed by atoms with van der Waals surface area (Å²) < 4.78 is 0. The first-order valence-corrected chi connectivity index (χ1v) is 11.1. The fourth-order valence-electron chi connectivity index (χ4n) is 4.24. The van der Waals surface area contributed by atoms with Gasteiger partial charge < -0.3 is 15.7 Å². The Morgan fingerprint density at radius 1 is 1.10 bits per heavy atom. The van der Waals surface area contributed by atoms with E-state index in [1.54, 1.807) is 0 Å². The molecule has 1 saturated heterocycles. The Balaban J connectivity index is 1.45. The second kappa shape index (κ2) is 10.1. The van der Waals surface area contributed by atoms with E-state index in [9.17, 15) is 5.11 Å². The zero-order valence-electron chi connectivity index (χ0n) is 17.5. The molecule has 1 aliphatic heterocycles. The SMILES string of the molecule is Nc1nc(N2CCC(N(CCc3ccc(Cl)cc3)Cc3ccccc3CO)CC2)n[nH]1. The normalized spacial score (nSPS) is 15.0. The van der Waals surface area contributed by atoms with E-state index in [0.717, 1.165) is 56.0 Å². The number of aliphatic hydroxyl groups excluding tert-OH is 1. The molecule has 0 aliphatic carbocycles. The molecule has 2 aromatic carbocycles. The zero-order valence-corrected chi connectivity index (χ0v) is 18.3. The monoisotopic (exact) mass is 440 g/mol. The number of halogens is 1. The quantitative estimate of drug-likeness (QED) is 0.497. The van der Waals surface area contributed by atoms with Gasteiger partial charge in [-0.2, -0.15) is 4.98 Å². The zero-order chi connectivity index (χ0) is 21.6. The molecule has 0 saturated carbocycles. The topological polar surface area (TPSA) is 94.3 Å². The number of H-pyrrole nitrogens is 1. The van der Waals surface area contributed by atoms with E-state index in [1.807, 2.05) is 30.3 Å². The lowest BCUT2D eigenvalue weighted by molar-refractivity contribution is 0.160. The number of nitrogens with two attached hydrogens (primary N) is 1. The van der Waals surface area contributed by atoms with Gasteiger partial charge in [0.2, 0.25) is 11.9 Å². The van der Waals surface area contributed by atoms with E-state index in [2.05, 4.69) is 43.2 Å². The predicted octanol–water partition coefficient (Wildman–Crippen LogP) is 3.25. The van der Waals surface area contributed by atoms with Crippen LogP contribution in [0.15, 0.2) is 48.5 Å². The molecule has 0 radical (unpaired) electrons. The van der Waals surface area contributed by atoms with Crippen LogP contribution in [-0.4, -0.2) is 50.9 Å². The van der Waals surface area contributed by atoms with Gasteiger partial charge in [-0.3, -0.25) is 4.90 Å². The van der Waals surface area contributed by atoms with Crippen molar-refractivity contribution in [1.29, 1.82) is 0 Å². The van der Waals surface area contributed by atoms with Crippen LogP contribution in [0.4, 0.5) is 11.9 Å². The molecule has 0 unspecified atom stereocenters. The molecule has 3 aromatic rings. The molecule has 7 nitrogen and oxygen atoms in total. The van der Waals surface area contributed by atoms with Crippen LogP contribution in [0.1, 0.15) is 29.5 Å². The van der Waals surface area contributed by atoms with Crippen molar-refractivity contribution in [3.63, 3.8) is 0 Å². The van der Waals surface area contributed by atoms with Crippen molar-refractivity contribution < 1.29 is 5.11 Å².